The Bertz CT molecular complexity index is 683. The third-order valence-electron chi connectivity index (χ3n) is 2.73. The van der Waals surface area contributed by atoms with Gasteiger partial charge in [0.15, 0.2) is 4.58 Å². The molecular weight excluding hydrogens is 304 g/mol. The number of benzene rings is 1. The van der Waals surface area contributed by atoms with E-state index in [-0.39, 0.29) is 22.8 Å². The molecule has 0 amide bonds. The van der Waals surface area contributed by atoms with Crippen molar-refractivity contribution in [2.75, 3.05) is 12.8 Å². The zero-order chi connectivity index (χ0) is 15.6. The summed E-state index contributed by atoms with van der Waals surface area (Å²) < 4.78 is 51.4. The first-order valence-electron chi connectivity index (χ1n) is 5.83. The highest BCUT2D eigenvalue weighted by atomic mass is 32.3. The normalized spacial score (nSPS) is 13.9. The van der Waals surface area contributed by atoms with Crippen LogP contribution in [0.4, 0.5) is 5.69 Å². The summed E-state index contributed by atoms with van der Waals surface area (Å²) in [5, 5.41) is 5.04. The standard InChI is InChI=1S/C11H18N2O5S2/c1-3-4-11(20(13,16)17)19(14,15)10-7-8(12)5-6-9(10)18-2/h5-7,11H,3-4,12H2,1-2H3,(H2,13,16,17). The zero-order valence-electron chi connectivity index (χ0n) is 11.2. The van der Waals surface area contributed by atoms with Crippen LogP contribution in [0.25, 0.3) is 0 Å². The van der Waals surface area contributed by atoms with Gasteiger partial charge in [0.1, 0.15) is 10.6 Å². The van der Waals surface area contributed by atoms with E-state index in [1.807, 2.05) is 0 Å². The van der Waals surface area contributed by atoms with Crippen LogP contribution < -0.4 is 15.6 Å². The van der Waals surface area contributed by atoms with Crippen LogP contribution in [0.15, 0.2) is 23.1 Å². The maximum absolute atomic E-state index is 12.5. The fraction of sp³-hybridized carbons (Fsp3) is 0.455. The van der Waals surface area contributed by atoms with Crippen molar-refractivity contribution in [3.63, 3.8) is 0 Å². The minimum Gasteiger partial charge on any atom is -0.495 e. The summed E-state index contributed by atoms with van der Waals surface area (Å²) in [7, 11) is -7.17. The number of nitrogens with two attached hydrogens (primary N) is 2. The second-order valence-electron chi connectivity index (χ2n) is 4.26. The van der Waals surface area contributed by atoms with Gasteiger partial charge < -0.3 is 10.5 Å². The lowest BCUT2D eigenvalue weighted by atomic mass is 10.3. The molecule has 4 N–H and O–H groups in total. The van der Waals surface area contributed by atoms with E-state index < -0.39 is 24.4 Å². The van der Waals surface area contributed by atoms with E-state index in [0.717, 1.165) is 0 Å². The number of hydrogen-bond donors (Lipinski definition) is 2. The molecule has 7 nitrogen and oxygen atoms in total. The molecule has 0 aliphatic heterocycles. The van der Waals surface area contributed by atoms with Gasteiger partial charge in [-0.05, 0) is 24.6 Å². The van der Waals surface area contributed by atoms with Crippen molar-refractivity contribution in [2.45, 2.75) is 29.2 Å². The molecule has 0 aliphatic rings. The van der Waals surface area contributed by atoms with Gasteiger partial charge in [0.2, 0.25) is 19.9 Å². The van der Waals surface area contributed by atoms with Crippen molar-refractivity contribution in [3.05, 3.63) is 18.2 Å². The first kappa shape index (κ1) is 16.7. The summed E-state index contributed by atoms with van der Waals surface area (Å²) in [5.74, 6) is 0.0314. The summed E-state index contributed by atoms with van der Waals surface area (Å²) in [4.78, 5) is -0.271. The molecule has 0 heterocycles. The number of sulfone groups is 1. The average Bonchev–Trinajstić information content (AvgIpc) is 2.34. The van der Waals surface area contributed by atoms with Crippen LogP contribution >= 0.6 is 0 Å². The first-order valence-corrected chi connectivity index (χ1v) is 8.99. The Balaban J connectivity index is 3.52. The molecule has 0 saturated carbocycles. The van der Waals surface area contributed by atoms with Crippen LogP contribution in [0.3, 0.4) is 0 Å². The van der Waals surface area contributed by atoms with Crippen molar-refractivity contribution in [1.82, 2.24) is 0 Å². The number of sulfonamides is 1. The van der Waals surface area contributed by atoms with E-state index >= 15 is 0 Å². The molecule has 9 heteroatoms. The molecule has 0 saturated heterocycles. The van der Waals surface area contributed by atoms with Gasteiger partial charge in [0.05, 0.1) is 7.11 Å². The van der Waals surface area contributed by atoms with Gasteiger partial charge in [0.25, 0.3) is 0 Å². The van der Waals surface area contributed by atoms with Crippen molar-refractivity contribution in [2.24, 2.45) is 5.14 Å². The highest BCUT2D eigenvalue weighted by molar-refractivity contribution is 8.08. The number of primary sulfonamides is 1. The molecule has 0 aromatic heterocycles. The van der Waals surface area contributed by atoms with Gasteiger partial charge in [-0.2, -0.15) is 0 Å². The van der Waals surface area contributed by atoms with Gasteiger partial charge in [-0.15, -0.1) is 0 Å². The Hall–Kier alpha value is -1.32. The van der Waals surface area contributed by atoms with Crippen LogP contribution in [0.5, 0.6) is 5.75 Å². The number of hydrogen-bond acceptors (Lipinski definition) is 6. The molecule has 0 spiro atoms. The summed E-state index contributed by atoms with van der Waals surface area (Å²) in [6.45, 7) is 1.67. The number of ether oxygens (including phenoxy) is 1. The lowest BCUT2D eigenvalue weighted by molar-refractivity contribution is 0.402. The fourth-order valence-corrected chi connectivity index (χ4v) is 5.64. The van der Waals surface area contributed by atoms with E-state index in [0.29, 0.717) is 6.42 Å². The smallest absolute Gasteiger partial charge is 0.226 e. The van der Waals surface area contributed by atoms with Gasteiger partial charge in [-0.3, -0.25) is 0 Å². The van der Waals surface area contributed by atoms with Gasteiger partial charge in [0, 0.05) is 5.69 Å². The lowest BCUT2D eigenvalue weighted by Gasteiger charge is -2.17. The predicted octanol–water partition coefficient (Wildman–Crippen LogP) is 0.466. The number of methoxy groups -OCH3 is 1. The molecule has 1 aromatic carbocycles. The molecule has 0 fully saturated rings. The third-order valence-corrected chi connectivity index (χ3v) is 7.12. The Morgan fingerprint density at radius 2 is 1.85 bits per heavy atom. The Morgan fingerprint density at radius 1 is 1.25 bits per heavy atom. The highest BCUT2D eigenvalue weighted by Gasteiger charge is 2.37. The number of anilines is 1. The van der Waals surface area contributed by atoms with Crippen molar-refractivity contribution >= 4 is 25.5 Å². The molecule has 1 atom stereocenters. The number of rotatable bonds is 6. The molecule has 0 radical (unpaired) electrons. The minimum absolute atomic E-state index is 0.0314. The van der Waals surface area contributed by atoms with Crippen molar-refractivity contribution in [1.29, 1.82) is 0 Å². The van der Waals surface area contributed by atoms with Crippen LogP contribution in [0.2, 0.25) is 0 Å². The van der Waals surface area contributed by atoms with Crippen molar-refractivity contribution < 1.29 is 21.6 Å². The maximum atomic E-state index is 12.5. The Morgan fingerprint density at radius 3 is 2.30 bits per heavy atom. The summed E-state index contributed by atoms with van der Waals surface area (Å²) in [6, 6.07) is 4.00. The van der Waals surface area contributed by atoms with E-state index in [4.69, 9.17) is 15.6 Å². The summed E-state index contributed by atoms with van der Waals surface area (Å²) >= 11 is 0. The molecule has 1 rings (SSSR count). The highest BCUT2D eigenvalue weighted by Crippen LogP contribution is 2.31. The van der Waals surface area contributed by atoms with Gasteiger partial charge >= 0.3 is 0 Å². The average molecular weight is 322 g/mol. The largest absolute Gasteiger partial charge is 0.495 e. The van der Waals surface area contributed by atoms with E-state index in [9.17, 15) is 16.8 Å². The Labute approximate surface area is 118 Å². The molecular formula is C11H18N2O5S2. The molecule has 1 aromatic rings. The molecule has 0 aliphatic carbocycles. The quantitative estimate of drug-likeness (QED) is 0.732. The molecule has 114 valence electrons. The van der Waals surface area contributed by atoms with Gasteiger partial charge in [-0.1, -0.05) is 13.3 Å². The van der Waals surface area contributed by atoms with E-state index in [2.05, 4.69) is 0 Å². The van der Waals surface area contributed by atoms with E-state index in [1.165, 1.54) is 25.3 Å². The molecule has 0 bridgehead atoms. The van der Waals surface area contributed by atoms with Crippen LogP contribution in [0, 0.1) is 0 Å². The number of nitrogen functional groups attached to an aromatic ring is 1. The topological polar surface area (TPSA) is 130 Å². The monoisotopic (exact) mass is 322 g/mol. The van der Waals surface area contributed by atoms with E-state index in [1.54, 1.807) is 6.92 Å². The van der Waals surface area contributed by atoms with Crippen LogP contribution in [-0.2, 0) is 19.9 Å². The third kappa shape index (κ3) is 3.41. The molecule has 1 unspecified atom stereocenters. The summed E-state index contributed by atoms with van der Waals surface area (Å²) in [6.07, 6.45) is 0.254. The second-order valence-corrected chi connectivity index (χ2v) is 8.41. The predicted molar refractivity (Wildman–Crippen MR) is 76.4 cm³/mol. The summed E-state index contributed by atoms with van der Waals surface area (Å²) in [5.41, 5.74) is 5.75. The molecule has 20 heavy (non-hydrogen) atoms. The van der Waals surface area contributed by atoms with Crippen LogP contribution in [0.1, 0.15) is 19.8 Å². The lowest BCUT2D eigenvalue weighted by Crippen LogP contribution is -2.35. The minimum atomic E-state index is -4.26. The first-order chi connectivity index (χ1) is 9.14. The van der Waals surface area contributed by atoms with Crippen molar-refractivity contribution in [3.8, 4) is 5.75 Å². The zero-order valence-corrected chi connectivity index (χ0v) is 12.9. The van der Waals surface area contributed by atoms with Gasteiger partial charge in [-0.25, -0.2) is 22.0 Å². The second kappa shape index (κ2) is 5.98. The maximum Gasteiger partial charge on any atom is 0.226 e. The SMILES string of the molecule is CCCC(S(N)(=O)=O)S(=O)(=O)c1cc(N)ccc1OC. The Kier molecular flexibility index (Phi) is 5.00. The van der Waals surface area contributed by atoms with Crippen LogP contribution in [-0.4, -0.2) is 28.5 Å². The fourth-order valence-electron chi connectivity index (χ4n) is 1.79.